The summed E-state index contributed by atoms with van der Waals surface area (Å²) in [6.45, 7) is 2.35. The zero-order valence-electron chi connectivity index (χ0n) is 11.6. The zero-order chi connectivity index (χ0) is 15.2. The lowest BCUT2D eigenvalue weighted by atomic mass is 10.2. The highest BCUT2D eigenvalue weighted by Gasteiger charge is 2.29. The highest BCUT2D eigenvalue weighted by Crippen LogP contribution is 2.05. The molecule has 21 heavy (non-hydrogen) atoms. The number of H-pyrrole nitrogens is 1. The number of rotatable bonds is 5. The Bertz CT molecular complexity index is 724. The molecule has 2 aromatic heterocycles. The fourth-order valence-electron chi connectivity index (χ4n) is 1.92. The van der Waals surface area contributed by atoms with E-state index in [4.69, 9.17) is 17.0 Å². The van der Waals surface area contributed by atoms with Crippen LogP contribution in [-0.2, 0) is 16.1 Å². The van der Waals surface area contributed by atoms with Gasteiger partial charge in [0.25, 0.3) is 11.6 Å². The third-order valence-electron chi connectivity index (χ3n) is 2.92. The molecule has 110 valence electrons. The molecular weight excluding hydrogens is 290 g/mol. The Hall–Kier alpha value is -2.28. The largest absolute Gasteiger partial charge is 0.461 e. The van der Waals surface area contributed by atoms with E-state index in [1.165, 1.54) is 6.07 Å². The molecule has 0 aromatic carbocycles. The Morgan fingerprint density at radius 2 is 2.14 bits per heavy atom. The van der Waals surface area contributed by atoms with Crippen LogP contribution in [0.3, 0.4) is 0 Å². The van der Waals surface area contributed by atoms with E-state index >= 15 is 0 Å². The minimum absolute atomic E-state index is 0.267. The second-order valence-electron chi connectivity index (χ2n) is 4.35. The highest BCUT2D eigenvalue weighted by molar-refractivity contribution is 7.71. The van der Waals surface area contributed by atoms with Gasteiger partial charge in [-0.2, -0.15) is 4.57 Å². The van der Waals surface area contributed by atoms with E-state index in [0.29, 0.717) is 6.61 Å². The Balaban J connectivity index is 2.34. The Morgan fingerprint density at radius 1 is 1.43 bits per heavy atom. The number of nitrogens with zero attached hydrogens (tertiary/aromatic N) is 2. The van der Waals surface area contributed by atoms with Gasteiger partial charge < -0.3 is 9.30 Å². The van der Waals surface area contributed by atoms with Gasteiger partial charge in [0.1, 0.15) is 0 Å². The van der Waals surface area contributed by atoms with Gasteiger partial charge in [-0.3, -0.25) is 9.78 Å². The maximum absolute atomic E-state index is 12.2. The molecular formula is C14H16N3O3S+. The predicted octanol–water partition coefficient (Wildman–Crippen LogP) is 0.998. The number of pyridine rings is 1. The van der Waals surface area contributed by atoms with E-state index in [1.807, 2.05) is 18.2 Å². The summed E-state index contributed by atoms with van der Waals surface area (Å²) >= 11 is 5.11. The molecule has 0 aliphatic heterocycles. The van der Waals surface area contributed by atoms with Crippen molar-refractivity contribution < 1.29 is 14.1 Å². The van der Waals surface area contributed by atoms with Gasteiger partial charge in [0.05, 0.1) is 13.2 Å². The van der Waals surface area contributed by atoms with Crippen molar-refractivity contribution in [2.45, 2.75) is 19.5 Å². The molecule has 2 heterocycles. The Labute approximate surface area is 126 Å². The quantitative estimate of drug-likeness (QED) is 0.508. The number of aromatic amines is 1. The number of hydrogen-bond acceptors (Lipinski definition) is 4. The van der Waals surface area contributed by atoms with Crippen LogP contribution in [0.25, 0.3) is 0 Å². The number of carbonyl (C=O) groups excluding carboxylic acids is 1. The second kappa shape index (κ2) is 6.94. The summed E-state index contributed by atoms with van der Waals surface area (Å²) in [7, 11) is 0. The van der Waals surface area contributed by atoms with Gasteiger partial charge in [0, 0.05) is 24.4 Å². The third kappa shape index (κ3) is 3.85. The number of nitrogens with one attached hydrogen (secondary N) is 1. The molecule has 0 bridgehead atoms. The molecule has 1 N–H and O–H groups in total. The van der Waals surface area contributed by atoms with E-state index in [2.05, 4.69) is 4.98 Å². The molecule has 6 nitrogen and oxygen atoms in total. The molecule has 0 spiro atoms. The minimum atomic E-state index is -0.552. The van der Waals surface area contributed by atoms with Crippen molar-refractivity contribution in [3.8, 4) is 0 Å². The first-order valence-corrected chi connectivity index (χ1v) is 6.95. The smallest absolute Gasteiger partial charge is 0.377 e. The van der Waals surface area contributed by atoms with Gasteiger partial charge in [-0.05, 0) is 19.1 Å². The van der Waals surface area contributed by atoms with Crippen molar-refractivity contribution in [1.29, 1.82) is 0 Å². The molecule has 0 aliphatic rings. The first kappa shape index (κ1) is 15.1. The topological polar surface area (TPSA) is 68.0 Å². The number of aromatic nitrogens is 3. The minimum Gasteiger partial charge on any atom is -0.461 e. The van der Waals surface area contributed by atoms with Crippen LogP contribution in [-0.4, -0.2) is 22.1 Å². The van der Waals surface area contributed by atoms with Crippen molar-refractivity contribution >= 4 is 18.2 Å². The molecule has 1 atom stereocenters. The van der Waals surface area contributed by atoms with Crippen LogP contribution in [0.2, 0.25) is 0 Å². The maximum atomic E-state index is 12.2. The third-order valence-corrected chi connectivity index (χ3v) is 3.26. The van der Waals surface area contributed by atoms with Crippen molar-refractivity contribution in [3.63, 3.8) is 0 Å². The summed E-state index contributed by atoms with van der Waals surface area (Å²) < 4.78 is 8.78. The number of esters is 1. The van der Waals surface area contributed by atoms with Crippen LogP contribution in [0.4, 0.5) is 0 Å². The van der Waals surface area contributed by atoms with Crippen LogP contribution in [0.5, 0.6) is 0 Å². The normalized spacial score (nSPS) is 11.9. The molecule has 7 heteroatoms. The van der Waals surface area contributed by atoms with Crippen molar-refractivity contribution in [1.82, 2.24) is 9.55 Å². The van der Waals surface area contributed by atoms with Crippen LogP contribution in [0, 0.1) is 4.77 Å². The summed E-state index contributed by atoms with van der Waals surface area (Å²) in [5.74, 6) is -0.346. The highest BCUT2D eigenvalue weighted by atomic mass is 32.1. The number of hydrogen-bond donors (Lipinski definition) is 1. The lowest BCUT2D eigenvalue weighted by Crippen LogP contribution is -2.46. The first-order valence-electron chi connectivity index (χ1n) is 6.54. The van der Waals surface area contributed by atoms with Gasteiger partial charge in [0.15, 0.2) is 17.2 Å². The molecule has 2 rings (SSSR count). The summed E-state index contributed by atoms with van der Waals surface area (Å²) in [6, 6.07) is 6.35. The fraction of sp³-hybridized carbons (Fsp3) is 0.286. The first-order chi connectivity index (χ1) is 10.1. The van der Waals surface area contributed by atoms with E-state index < -0.39 is 6.04 Å². The van der Waals surface area contributed by atoms with Crippen LogP contribution in [0.15, 0.2) is 47.7 Å². The van der Waals surface area contributed by atoms with Gasteiger partial charge in [-0.15, -0.1) is 0 Å². The lowest BCUT2D eigenvalue weighted by molar-refractivity contribution is -0.712. The summed E-state index contributed by atoms with van der Waals surface area (Å²) in [4.78, 5) is 25.9. The molecule has 0 amide bonds. The molecule has 0 saturated carbocycles. The van der Waals surface area contributed by atoms with E-state index in [0.717, 1.165) is 0 Å². The average Bonchev–Trinajstić information content (AvgIpc) is 2.47. The average molecular weight is 306 g/mol. The monoisotopic (exact) mass is 306 g/mol. The van der Waals surface area contributed by atoms with Gasteiger partial charge >= 0.3 is 5.97 Å². The van der Waals surface area contributed by atoms with Gasteiger partial charge in [-0.1, -0.05) is 6.07 Å². The fourth-order valence-corrected chi connectivity index (χ4v) is 2.16. The second-order valence-corrected chi connectivity index (χ2v) is 4.74. The Morgan fingerprint density at radius 3 is 2.76 bits per heavy atom. The summed E-state index contributed by atoms with van der Waals surface area (Å²) in [5, 5.41) is 0. The van der Waals surface area contributed by atoms with E-state index in [1.54, 1.807) is 34.6 Å². The molecule has 0 unspecified atom stereocenters. The molecule has 0 saturated heterocycles. The van der Waals surface area contributed by atoms with Crippen molar-refractivity contribution in [2.24, 2.45) is 0 Å². The zero-order valence-corrected chi connectivity index (χ0v) is 12.4. The van der Waals surface area contributed by atoms with E-state index in [-0.39, 0.29) is 22.8 Å². The lowest BCUT2D eigenvalue weighted by Gasteiger charge is -2.13. The van der Waals surface area contributed by atoms with Crippen molar-refractivity contribution in [2.75, 3.05) is 6.61 Å². The van der Waals surface area contributed by atoms with Gasteiger partial charge in [0.2, 0.25) is 0 Å². The van der Waals surface area contributed by atoms with Gasteiger partial charge in [-0.25, -0.2) is 4.79 Å². The van der Waals surface area contributed by atoms with E-state index in [9.17, 15) is 9.59 Å². The molecule has 0 radical (unpaired) electrons. The molecule has 0 aliphatic carbocycles. The van der Waals surface area contributed by atoms with Crippen LogP contribution >= 0.6 is 12.2 Å². The van der Waals surface area contributed by atoms with Crippen LogP contribution in [0.1, 0.15) is 13.0 Å². The van der Waals surface area contributed by atoms with Crippen molar-refractivity contribution in [3.05, 3.63) is 58.0 Å². The number of ether oxygens (including phenoxy) is 1. The Kier molecular flexibility index (Phi) is 4.99. The SMILES string of the molecule is CCOC(=O)[C@@H](Cn1ccc(=O)[nH]c1=S)[n+]1ccccc1. The summed E-state index contributed by atoms with van der Waals surface area (Å²) in [6.07, 6.45) is 5.14. The predicted molar refractivity (Wildman–Crippen MR) is 78.2 cm³/mol. The molecule has 0 fully saturated rings. The number of carbonyl (C=O) groups is 1. The molecule has 2 aromatic rings. The van der Waals surface area contributed by atoms with Crippen LogP contribution < -0.4 is 10.1 Å². The maximum Gasteiger partial charge on any atom is 0.377 e. The standard InChI is InChI=1S/C14H15N3O3S/c1-2-20-13(19)11(16-7-4-3-5-8-16)10-17-9-6-12(18)15-14(17)21/h3-9,11H,2,10H2,1H3/p+1/t11-/m1/s1. The summed E-state index contributed by atoms with van der Waals surface area (Å²) in [5.41, 5.74) is -0.267.